The minimum absolute atomic E-state index is 0.0730. The van der Waals surface area contributed by atoms with Crippen molar-refractivity contribution in [3.8, 4) is 0 Å². The fourth-order valence-electron chi connectivity index (χ4n) is 2.53. The van der Waals surface area contributed by atoms with Gasteiger partial charge in [-0.1, -0.05) is 0 Å². The first-order valence-corrected chi connectivity index (χ1v) is 9.94. The Bertz CT molecular complexity index is 817. The van der Waals surface area contributed by atoms with E-state index >= 15 is 0 Å². The summed E-state index contributed by atoms with van der Waals surface area (Å²) in [6.45, 7) is 1.65. The van der Waals surface area contributed by atoms with Crippen molar-refractivity contribution < 1.29 is 17.6 Å². The van der Waals surface area contributed by atoms with Crippen LogP contribution in [0, 0.1) is 5.82 Å². The number of thiazole rings is 1. The number of aromatic nitrogens is 1. The summed E-state index contributed by atoms with van der Waals surface area (Å²) in [5, 5.41) is 5.02. The highest BCUT2D eigenvalue weighted by Gasteiger charge is 2.29. The Hall–Kier alpha value is -1.88. The molecule has 7 nitrogen and oxygen atoms in total. The molecular formula is C15H17FN4O3S2. The largest absolute Gasteiger partial charge is 0.301 e. The smallest absolute Gasteiger partial charge is 0.243 e. The van der Waals surface area contributed by atoms with E-state index < -0.39 is 15.8 Å². The van der Waals surface area contributed by atoms with Gasteiger partial charge in [0.15, 0.2) is 5.13 Å². The first kappa shape index (κ1) is 17.9. The third-order valence-electron chi connectivity index (χ3n) is 3.83. The minimum Gasteiger partial charge on any atom is -0.301 e. The Kier molecular flexibility index (Phi) is 5.42. The Morgan fingerprint density at radius 1 is 1.20 bits per heavy atom. The third kappa shape index (κ3) is 4.40. The van der Waals surface area contributed by atoms with Crippen molar-refractivity contribution in [1.29, 1.82) is 0 Å². The van der Waals surface area contributed by atoms with Gasteiger partial charge in [0, 0.05) is 37.8 Å². The molecule has 1 saturated heterocycles. The Balaban J connectivity index is 1.54. The first-order valence-electron chi connectivity index (χ1n) is 7.62. The molecule has 1 aliphatic heterocycles. The molecule has 0 spiro atoms. The molecule has 1 aromatic heterocycles. The lowest BCUT2D eigenvalue weighted by atomic mass is 10.3. The molecule has 10 heteroatoms. The molecule has 1 aliphatic rings. The highest BCUT2D eigenvalue weighted by Crippen LogP contribution is 2.18. The van der Waals surface area contributed by atoms with E-state index in [0.29, 0.717) is 18.2 Å². The van der Waals surface area contributed by atoms with Gasteiger partial charge in [0.25, 0.3) is 0 Å². The maximum absolute atomic E-state index is 13.0. The van der Waals surface area contributed by atoms with E-state index in [1.807, 2.05) is 4.90 Å². The summed E-state index contributed by atoms with van der Waals surface area (Å²) >= 11 is 1.34. The van der Waals surface area contributed by atoms with Crippen LogP contribution >= 0.6 is 11.3 Å². The summed E-state index contributed by atoms with van der Waals surface area (Å²) in [6.07, 6.45) is 1.61. The number of nitrogens with zero attached hydrogens (tertiary/aromatic N) is 3. The molecule has 0 atom stereocenters. The second kappa shape index (κ2) is 7.56. The number of nitrogens with one attached hydrogen (secondary N) is 1. The van der Waals surface area contributed by atoms with Crippen LogP contribution in [0.25, 0.3) is 0 Å². The van der Waals surface area contributed by atoms with Crippen LogP contribution in [-0.4, -0.2) is 61.2 Å². The van der Waals surface area contributed by atoms with Gasteiger partial charge in [0.1, 0.15) is 5.82 Å². The lowest BCUT2D eigenvalue weighted by molar-refractivity contribution is -0.117. The van der Waals surface area contributed by atoms with Crippen molar-refractivity contribution in [3.63, 3.8) is 0 Å². The molecular weight excluding hydrogens is 367 g/mol. The molecule has 0 aliphatic carbocycles. The van der Waals surface area contributed by atoms with E-state index in [1.54, 1.807) is 11.6 Å². The molecule has 0 saturated carbocycles. The number of halogens is 1. The van der Waals surface area contributed by atoms with Crippen molar-refractivity contribution in [2.45, 2.75) is 4.90 Å². The number of benzene rings is 1. The summed E-state index contributed by atoms with van der Waals surface area (Å²) in [7, 11) is -3.64. The monoisotopic (exact) mass is 384 g/mol. The fourth-order valence-corrected chi connectivity index (χ4v) is 4.50. The molecule has 134 valence electrons. The third-order valence-corrected chi connectivity index (χ3v) is 6.43. The lowest BCUT2D eigenvalue weighted by Crippen LogP contribution is -2.50. The first-order chi connectivity index (χ1) is 11.9. The van der Waals surface area contributed by atoms with E-state index in [9.17, 15) is 17.6 Å². The van der Waals surface area contributed by atoms with E-state index in [1.165, 1.54) is 27.8 Å². The number of piperazine rings is 1. The lowest BCUT2D eigenvalue weighted by Gasteiger charge is -2.33. The number of rotatable bonds is 5. The van der Waals surface area contributed by atoms with Gasteiger partial charge >= 0.3 is 0 Å². The molecule has 0 bridgehead atoms. The van der Waals surface area contributed by atoms with Crippen molar-refractivity contribution in [2.24, 2.45) is 0 Å². The van der Waals surface area contributed by atoms with E-state index in [4.69, 9.17) is 0 Å². The van der Waals surface area contributed by atoms with Crippen LogP contribution in [0.3, 0.4) is 0 Å². The minimum atomic E-state index is -3.64. The molecule has 1 fully saturated rings. The number of sulfonamides is 1. The zero-order chi connectivity index (χ0) is 17.9. The quantitative estimate of drug-likeness (QED) is 0.838. The Labute approximate surface area is 149 Å². The van der Waals surface area contributed by atoms with Crippen molar-refractivity contribution in [2.75, 3.05) is 38.0 Å². The summed E-state index contributed by atoms with van der Waals surface area (Å²) in [6, 6.07) is 4.79. The predicted octanol–water partition coefficient (Wildman–Crippen LogP) is 1.23. The van der Waals surface area contributed by atoms with E-state index in [2.05, 4.69) is 10.3 Å². The van der Waals surface area contributed by atoms with Crippen LogP contribution in [0.4, 0.5) is 9.52 Å². The van der Waals surface area contributed by atoms with Gasteiger partial charge in [-0.15, -0.1) is 11.3 Å². The molecule has 1 aromatic carbocycles. The SMILES string of the molecule is O=C(CN1CCN(S(=O)(=O)c2ccc(F)cc2)CC1)Nc1nccs1. The normalized spacial score (nSPS) is 16.7. The number of amides is 1. The standard InChI is InChI=1S/C15H17FN4O3S2/c16-12-1-3-13(4-2-12)25(22,23)20-8-6-19(7-9-20)11-14(21)18-15-17-5-10-24-15/h1-5,10H,6-9,11H2,(H,17,18,21). The van der Waals surface area contributed by atoms with Crippen molar-refractivity contribution in [3.05, 3.63) is 41.7 Å². The zero-order valence-electron chi connectivity index (χ0n) is 13.3. The summed E-state index contributed by atoms with van der Waals surface area (Å²) < 4.78 is 39.4. The number of carbonyl (C=O) groups is 1. The molecule has 2 heterocycles. The van der Waals surface area contributed by atoms with Gasteiger partial charge in [0.2, 0.25) is 15.9 Å². The number of hydrogen-bond donors (Lipinski definition) is 1. The molecule has 3 rings (SSSR count). The van der Waals surface area contributed by atoms with Gasteiger partial charge in [-0.05, 0) is 24.3 Å². The number of carbonyl (C=O) groups excluding carboxylic acids is 1. The van der Waals surface area contributed by atoms with Crippen molar-refractivity contribution in [1.82, 2.24) is 14.2 Å². The Morgan fingerprint density at radius 3 is 2.48 bits per heavy atom. The van der Waals surface area contributed by atoms with Gasteiger partial charge < -0.3 is 5.32 Å². The maximum Gasteiger partial charge on any atom is 0.243 e. The van der Waals surface area contributed by atoms with Crippen LogP contribution in [0.2, 0.25) is 0 Å². The van der Waals surface area contributed by atoms with Crippen LogP contribution in [0.5, 0.6) is 0 Å². The van der Waals surface area contributed by atoms with Crippen molar-refractivity contribution >= 4 is 32.4 Å². The second-order valence-corrected chi connectivity index (χ2v) is 8.35. The van der Waals surface area contributed by atoms with Crippen LogP contribution in [-0.2, 0) is 14.8 Å². The van der Waals surface area contributed by atoms with Gasteiger partial charge in [0.05, 0.1) is 11.4 Å². The molecule has 25 heavy (non-hydrogen) atoms. The van der Waals surface area contributed by atoms with E-state index in [-0.39, 0.29) is 30.4 Å². The number of hydrogen-bond acceptors (Lipinski definition) is 6. The second-order valence-electron chi connectivity index (χ2n) is 5.52. The van der Waals surface area contributed by atoms with Gasteiger partial charge in [-0.3, -0.25) is 9.69 Å². The van der Waals surface area contributed by atoms with Crippen LogP contribution < -0.4 is 5.32 Å². The number of anilines is 1. The molecule has 0 radical (unpaired) electrons. The fraction of sp³-hybridized carbons (Fsp3) is 0.333. The molecule has 2 aromatic rings. The molecule has 1 amide bonds. The summed E-state index contributed by atoms with van der Waals surface area (Å²) in [5.41, 5.74) is 0. The molecule has 0 unspecified atom stereocenters. The zero-order valence-corrected chi connectivity index (χ0v) is 14.9. The predicted molar refractivity (Wildman–Crippen MR) is 92.3 cm³/mol. The highest BCUT2D eigenvalue weighted by molar-refractivity contribution is 7.89. The van der Waals surface area contributed by atoms with Gasteiger partial charge in [-0.2, -0.15) is 4.31 Å². The summed E-state index contributed by atoms with van der Waals surface area (Å²) in [5.74, 6) is -0.653. The van der Waals surface area contributed by atoms with E-state index in [0.717, 1.165) is 12.1 Å². The average molecular weight is 384 g/mol. The topological polar surface area (TPSA) is 82.6 Å². The average Bonchev–Trinajstić information content (AvgIpc) is 3.08. The maximum atomic E-state index is 13.0. The highest BCUT2D eigenvalue weighted by atomic mass is 32.2. The molecule has 1 N–H and O–H groups in total. The van der Waals surface area contributed by atoms with Crippen LogP contribution in [0.1, 0.15) is 0 Å². The van der Waals surface area contributed by atoms with Crippen LogP contribution in [0.15, 0.2) is 40.7 Å². The van der Waals surface area contributed by atoms with Gasteiger partial charge in [-0.25, -0.2) is 17.8 Å². The summed E-state index contributed by atoms with van der Waals surface area (Å²) in [4.78, 5) is 17.9. The Morgan fingerprint density at radius 2 is 1.88 bits per heavy atom.